The molecule has 2 aromatic rings. The summed E-state index contributed by atoms with van der Waals surface area (Å²) in [6, 6.07) is 17.7. The Morgan fingerprint density at radius 1 is 0.933 bits per heavy atom. The molecular weight excluding hydrogens is 386 g/mol. The number of hydrogen-bond acceptors (Lipinski definition) is 5. The van der Waals surface area contributed by atoms with Crippen molar-refractivity contribution in [2.45, 2.75) is 38.0 Å². The summed E-state index contributed by atoms with van der Waals surface area (Å²) in [4.78, 5) is 36.3. The van der Waals surface area contributed by atoms with Gasteiger partial charge in [-0.2, -0.15) is 5.26 Å². The smallest absolute Gasteiger partial charge is 0.408 e. The summed E-state index contributed by atoms with van der Waals surface area (Å²) in [5.41, 5.74) is 1.57. The van der Waals surface area contributed by atoms with E-state index in [9.17, 15) is 19.5 Å². The molecule has 30 heavy (non-hydrogen) atoms. The van der Waals surface area contributed by atoms with Crippen molar-refractivity contribution in [2.75, 3.05) is 0 Å². The molecule has 0 radical (unpaired) electrons. The zero-order valence-electron chi connectivity index (χ0n) is 16.3. The maximum Gasteiger partial charge on any atom is 0.408 e. The molecule has 0 fully saturated rings. The van der Waals surface area contributed by atoms with Gasteiger partial charge in [0.05, 0.1) is 6.07 Å². The summed E-state index contributed by atoms with van der Waals surface area (Å²) in [6.07, 6.45) is -0.697. The van der Waals surface area contributed by atoms with E-state index < -0.39 is 30.1 Å². The van der Waals surface area contributed by atoms with Crippen molar-refractivity contribution in [2.24, 2.45) is 0 Å². The minimum Gasteiger partial charge on any atom is -0.480 e. The first kappa shape index (κ1) is 22.4. The van der Waals surface area contributed by atoms with Crippen LogP contribution in [0.5, 0.6) is 0 Å². The van der Waals surface area contributed by atoms with Crippen molar-refractivity contribution in [1.82, 2.24) is 10.6 Å². The van der Waals surface area contributed by atoms with E-state index in [4.69, 9.17) is 10.00 Å². The lowest BCUT2D eigenvalue weighted by Gasteiger charge is -2.21. The second-order valence-electron chi connectivity index (χ2n) is 6.54. The predicted octanol–water partition coefficient (Wildman–Crippen LogP) is 2.40. The normalized spacial score (nSPS) is 12.1. The molecule has 0 aliphatic carbocycles. The van der Waals surface area contributed by atoms with Crippen LogP contribution in [0.15, 0.2) is 60.7 Å². The second kappa shape index (κ2) is 11.9. The SMILES string of the molecule is N#CCC[C@@H](NC(=O)[C@H](Cc1ccccc1)NC(=O)OCc1ccccc1)C(=O)O. The van der Waals surface area contributed by atoms with Gasteiger partial charge in [0.1, 0.15) is 18.7 Å². The topological polar surface area (TPSA) is 129 Å². The molecule has 0 aliphatic heterocycles. The van der Waals surface area contributed by atoms with Crippen molar-refractivity contribution in [3.8, 4) is 6.07 Å². The van der Waals surface area contributed by atoms with Crippen molar-refractivity contribution in [3.05, 3.63) is 71.8 Å². The molecule has 8 heteroatoms. The van der Waals surface area contributed by atoms with Crippen molar-refractivity contribution >= 4 is 18.0 Å². The van der Waals surface area contributed by atoms with E-state index in [1.807, 2.05) is 30.3 Å². The highest BCUT2D eigenvalue weighted by molar-refractivity contribution is 5.89. The van der Waals surface area contributed by atoms with Crippen LogP contribution in [0.4, 0.5) is 4.79 Å². The van der Waals surface area contributed by atoms with Crippen LogP contribution in [0, 0.1) is 11.3 Å². The minimum absolute atomic E-state index is 0.0207. The molecule has 2 atom stereocenters. The molecule has 156 valence electrons. The Balaban J connectivity index is 2.05. The van der Waals surface area contributed by atoms with E-state index in [0.717, 1.165) is 11.1 Å². The lowest BCUT2D eigenvalue weighted by molar-refractivity contribution is -0.142. The number of carbonyl (C=O) groups excluding carboxylic acids is 2. The molecule has 0 saturated carbocycles. The highest BCUT2D eigenvalue weighted by Crippen LogP contribution is 2.07. The fourth-order valence-electron chi connectivity index (χ4n) is 2.70. The Morgan fingerprint density at radius 3 is 2.10 bits per heavy atom. The number of hydrogen-bond donors (Lipinski definition) is 3. The van der Waals surface area contributed by atoms with Gasteiger partial charge >= 0.3 is 12.1 Å². The number of amides is 2. The van der Waals surface area contributed by atoms with Gasteiger partial charge in [-0.15, -0.1) is 0 Å². The van der Waals surface area contributed by atoms with Crippen LogP contribution in [-0.2, 0) is 27.4 Å². The number of nitrogens with one attached hydrogen (secondary N) is 2. The van der Waals surface area contributed by atoms with Crippen molar-refractivity contribution in [3.63, 3.8) is 0 Å². The monoisotopic (exact) mass is 409 g/mol. The van der Waals surface area contributed by atoms with Gasteiger partial charge in [-0.05, 0) is 17.5 Å². The summed E-state index contributed by atoms with van der Waals surface area (Å²) >= 11 is 0. The third kappa shape index (κ3) is 7.64. The Bertz CT molecular complexity index is 881. The number of aliphatic carboxylic acids is 1. The second-order valence-corrected chi connectivity index (χ2v) is 6.54. The molecule has 2 amide bonds. The molecule has 0 bridgehead atoms. The first-order valence-corrected chi connectivity index (χ1v) is 9.41. The minimum atomic E-state index is -1.25. The lowest BCUT2D eigenvalue weighted by Crippen LogP contribution is -2.52. The molecule has 0 saturated heterocycles. The van der Waals surface area contributed by atoms with E-state index in [2.05, 4.69) is 10.6 Å². The average molecular weight is 409 g/mol. The standard InChI is InChI=1S/C22H23N3O5/c23-13-7-12-18(21(27)28)24-20(26)19(14-16-8-3-1-4-9-16)25-22(29)30-15-17-10-5-2-6-11-17/h1-6,8-11,18-19H,7,12,14-15H2,(H,24,26)(H,25,29)(H,27,28)/t18-,19+/m1/s1. The lowest BCUT2D eigenvalue weighted by atomic mass is 10.0. The van der Waals surface area contributed by atoms with E-state index in [1.54, 1.807) is 36.4 Å². The molecular formula is C22H23N3O5. The van der Waals surface area contributed by atoms with Gasteiger partial charge in [0.15, 0.2) is 0 Å². The first-order chi connectivity index (χ1) is 14.5. The van der Waals surface area contributed by atoms with E-state index in [-0.39, 0.29) is 25.9 Å². The number of ether oxygens (including phenoxy) is 1. The van der Waals surface area contributed by atoms with Gasteiger partial charge < -0.3 is 20.5 Å². The Morgan fingerprint density at radius 2 is 1.53 bits per heavy atom. The van der Waals surface area contributed by atoms with Gasteiger partial charge in [-0.1, -0.05) is 60.7 Å². The quantitative estimate of drug-likeness (QED) is 0.553. The van der Waals surface area contributed by atoms with Crippen LogP contribution >= 0.6 is 0 Å². The van der Waals surface area contributed by atoms with Crippen LogP contribution in [0.1, 0.15) is 24.0 Å². The molecule has 2 rings (SSSR count). The Hall–Kier alpha value is -3.86. The number of carboxylic acids is 1. The molecule has 3 N–H and O–H groups in total. The molecule has 0 aliphatic rings. The van der Waals surface area contributed by atoms with Crippen LogP contribution in [-0.4, -0.2) is 35.2 Å². The largest absolute Gasteiger partial charge is 0.480 e. The number of rotatable bonds is 10. The third-order valence-corrected chi connectivity index (χ3v) is 4.26. The maximum absolute atomic E-state index is 12.7. The van der Waals surface area contributed by atoms with Gasteiger partial charge in [0, 0.05) is 12.8 Å². The summed E-state index contributed by atoms with van der Waals surface area (Å²) in [6.45, 7) is 0.0340. The molecule has 0 unspecified atom stereocenters. The van der Waals surface area contributed by atoms with E-state index >= 15 is 0 Å². The molecule has 2 aromatic carbocycles. The van der Waals surface area contributed by atoms with Crippen molar-refractivity contribution < 1.29 is 24.2 Å². The average Bonchev–Trinajstić information content (AvgIpc) is 2.76. The number of carbonyl (C=O) groups is 3. The fourth-order valence-corrected chi connectivity index (χ4v) is 2.70. The zero-order chi connectivity index (χ0) is 21.8. The van der Waals surface area contributed by atoms with E-state index in [1.165, 1.54) is 0 Å². The van der Waals surface area contributed by atoms with Crippen LogP contribution in [0.3, 0.4) is 0 Å². The fraction of sp³-hybridized carbons (Fsp3) is 0.273. The highest BCUT2D eigenvalue weighted by Gasteiger charge is 2.27. The van der Waals surface area contributed by atoms with Gasteiger partial charge in [0.2, 0.25) is 5.91 Å². The number of benzene rings is 2. The van der Waals surface area contributed by atoms with E-state index in [0.29, 0.717) is 0 Å². The summed E-state index contributed by atoms with van der Waals surface area (Å²) in [5, 5.41) is 22.8. The summed E-state index contributed by atoms with van der Waals surface area (Å²) in [5.74, 6) is -1.91. The van der Waals surface area contributed by atoms with Gasteiger partial charge in [0.25, 0.3) is 0 Å². The highest BCUT2D eigenvalue weighted by atomic mass is 16.5. The molecule has 8 nitrogen and oxygen atoms in total. The summed E-state index contributed by atoms with van der Waals surface area (Å²) in [7, 11) is 0. The Labute approximate surface area is 174 Å². The number of carboxylic acid groups (broad SMARTS) is 1. The van der Waals surface area contributed by atoms with Gasteiger partial charge in [-0.3, -0.25) is 4.79 Å². The van der Waals surface area contributed by atoms with Crippen LogP contribution in [0.2, 0.25) is 0 Å². The molecule has 0 spiro atoms. The first-order valence-electron chi connectivity index (χ1n) is 9.41. The molecule has 0 heterocycles. The zero-order valence-corrected chi connectivity index (χ0v) is 16.3. The predicted molar refractivity (Wildman–Crippen MR) is 108 cm³/mol. The summed E-state index contributed by atoms with van der Waals surface area (Å²) < 4.78 is 5.17. The maximum atomic E-state index is 12.7. The third-order valence-electron chi connectivity index (χ3n) is 4.26. The number of alkyl carbamates (subject to hydrolysis) is 1. The van der Waals surface area contributed by atoms with Crippen molar-refractivity contribution in [1.29, 1.82) is 5.26 Å². The number of nitrogens with zero attached hydrogens (tertiary/aromatic N) is 1. The van der Waals surface area contributed by atoms with Gasteiger partial charge in [-0.25, -0.2) is 9.59 Å². The van der Waals surface area contributed by atoms with Crippen LogP contribution < -0.4 is 10.6 Å². The Kier molecular flexibility index (Phi) is 8.87. The molecule has 0 aromatic heterocycles. The van der Waals surface area contributed by atoms with Crippen LogP contribution in [0.25, 0.3) is 0 Å². The number of nitriles is 1.